The molecule has 0 fully saturated rings. The van der Waals surface area contributed by atoms with E-state index in [2.05, 4.69) is 0 Å². The van der Waals surface area contributed by atoms with Gasteiger partial charge in [-0.05, 0) is 31.5 Å². The van der Waals surface area contributed by atoms with E-state index in [-0.39, 0.29) is 0 Å². The van der Waals surface area contributed by atoms with E-state index in [1.165, 1.54) is 6.26 Å². The van der Waals surface area contributed by atoms with Gasteiger partial charge >= 0.3 is 0 Å². The molecule has 0 heterocycles. The Morgan fingerprint density at radius 1 is 1.35 bits per heavy atom. The highest BCUT2D eigenvalue weighted by atomic mass is 32.2. The zero-order chi connectivity index (χ0) is 13.3. The van der Waals surface area contributed by atoms with Crippen LogP contribution >= 0.6 is 0 Å². The van der Waals surface area contributed by atoms with E-state index in [0.717, 1.165) is 5.56 Å². The molecule has 0 bridgehead atoms. The van der Waals surface area contributed by atoms with E-state index in [9.17, 15) is 8.42 Å². The first-order valence-electron chi connectivity index (χ1n) is 5.29. The first-order chi connectivity index (χ1) is 7.70. The summed E-state index contributed by atoms with van der Waals surface area (Å²) in [6.07, 6.45) is 1.20. The van der Waals surface area contributed by atoms with Crippen molar-refractivity contribution in [2.45, 2.75) is 24.6 Å². The average Bonchev–Trinajstić information content (AvgIpc) is 2.26. The third-order valence-electron chi connectivity index (χ3n) is 3.16. The van der Waals surface area contributed by atoms with Gasteiger partial charge in [-0.25, -0.2) is 8.42 Å². The highest BCUT2D eigenvalue weighted by molar-refractivity contribution is 7.92. The summed E-state index contributed by atoms with van der Waals surface area (Å²) < 4.78 is 27.5. The molecule has 1 unspecified atom stereocenters. The fraction of sp³-hybridized carbons (Fsp3) is 0.500. The van der Waals surface area contributed by atoms with Crippen LogP contribution < -0.4 is 10.5 Å². The summed E-state index contributed by atoms with van der Waals surface area (Å²) >= 11 is 0. The van der Waals surface area contributed by atoms with E-state index in [0.29, 0.717) is 5.75 Å². The summed E-state index contributed by atoms with van der Waals surface area (Å²) in [4.78, 5) is 0. The largest absolute Gasteiger partial charge is 0.497 e. The first-order valence-corrected chi connectivity index (χ1v) is 7.18. The highest BCUT2D eigenvalue weighted by Crippen LogP contribution is 2.31. The minimum atomic E-state index is -3.24. The summed E-state index contributed by atoms with van der Waals surface area (Å²) in [7, 11) is -1.67. The van der Waals surface area contributed by atoms with Crippen LogP contribution in [0.3, 0.4) is 0 Å². The van der Waals surface area contributed by atoms with Crippen LogP contribution in [0.15, 0.2) is 24.3 Å². The van der Waals surface area contributed by atoms with Gasteiger partial charge in [-0.3, -0.25) is 0 Å². The molecular formula is C12H19NO3S. The highest BCUT2D eigenvalue weighted by Gasteiger charge is 2.37. The van der Waals surface area contributed by atoms with Crippen molar-refractivity contribution in [3.05, 3.63) is 29.8 Å². The number of sulfone groups is 1. The molecule has 17 heavy (non-hydrogen) atoms. The van der Waals surface area contributed by atoms with Gasteiger partial charge in [-0.2, -0.15) is 0 Å². The van der Waals surface area contributed by atoms with Gasteiger partial charge in [0.05, 0.1) is 11.9 Å². The number of rotatable bonds is 4. The van der Waals surface area contributed by atoms with E-state index in [4.69, 9.17) is 10.5 Å². The zero-order valence-electron chi connectivity index (χ0n) is 10.6. The van der Waals surface area contributed by atoms with Crippen LogP contribution in [0.4, 0.5) is 0 Å². The van der Waals surface area contributed by atoms with Crippen molar-refractivity contribution < 1.29 is 13.2 Å². The van der Waals surface area contributed by atoms with Gasteiger partial charge in [0.25, 0.3) is 0 Å². The maximum absolute atomic E-state index is 11.7. The minimum Gasteiger partial charge on any atom is -0.497 e. The van der Waals surface area contributed by atoms with Crippen molar-refractivity contribution in [2.75, 3.05) is 13.4 Å². The molecule has 0 aliphatic heterocycles. The number of hydrogen-bond donors (Lipinski definition) is 1. The van der Waals surface area contributed by atoms with Crippen molar-refractivity contribution in [2.24, 2.45) is 5.73 Å². The third kappa shape index (κ3) is 2.79. The SMILES string of the molecule is COc1cccc(C(N)C(C)(C)S(C)(=O)=O)c1. The molecule has 0 aliphatic carbocycles. The molecule has 1 atom stereocenters. The maximum atomic E-state index is 11.7. The van der Waals surface area contributed by atoms with Crippen molar-refractivity contribution in [1.82, 2.24) is 0 Å². The fourth-order valence-corrected chi connectivity index (χ4v) is 2.06. The second-order valence-corrected chi connectivity index (χ2v) is 7.23. The molecular weight excluding hydrogens is 238 g/mol. The molecule has 1 aromatic rings. The van der Waals surface area contributed by atoms with Crippen molar-refractivity contribution in [1.29, 1.82) is 0 Å². The molecule has 2 N–H and O–H groups in total. The smallest absolute Gasteiger partial charge is 0.154 e. The number of hydrogen-bond acceptors (Lipinski definition) is 4. The van der Waals surface area contributed by atoms with E-state index >= 15 is 0 Å². The second-order valence-electron chi connectivity index (χ2n) is 4.63. The number of benzene rings is 1. The Morgan fingerprint density at radius 3 is 2.41 bits per heavy atom. The van der Waals surface area contributed by atoms with Crippen molar-refractivity contribution >= 4 is 9.84 Å². The summed E-state index contributed by atoms with van der Waals surface area (Å²) in [6.45, 7) is 3.26. The molecule has 0 aliphatic rings. The fourth-order valence-electron chi connectivity index (χ4n) is 1.47. The molecule has 0 aromatic heterocycles. The zero-order valence-corrected chi connectivity index (χ0v) is 11.4. The lowest BCUT2D eigenvalue weighted by Crippen LogP contribution is -2.42. The number of methoxy groups -OCH3 is 1. The van der Waals surface area contributed by atoms with E-state index in [1.807, 2.05) is 0 Å². The normalized spacial score (nSPS) is 14.4. The van der Waals surface area contributed by atoms with E-state index < -0.39 is 20.6 Å². The quantitative estimate of drug-likeness (QED) is 0.888. The van der Waals surface area contributed by atoms with Crippen LogP contribution in [-0.4, -0.2) is 26.5 Å². The summed E-state index contributed by atoms with van der Waals surface area (Å²) in [5.74, 6) is 0.669. The van der Waals surface area contributed by atoms with Gasteiger partial charge in [0.1, 0.15) is 5.75 Å². The van der Waals surface area contributed by atoms with Crippen molar-refractivity contribution in [3.8, 4) is 5.75 Å². The standard InChI is InChI=1S/C12H19NO3S/c1-12(2,17(4,14)15)11(13)9-6-5-7-10(8-9)16-3/h5-8,11H,13H2,1-4H3. The van der Waals surface area contributed by atoms with Gasteiger partial charge in [-0.15, -0.1) is 0 Å². The van der Waals surface area contributed by atoms with Crippen LogP contribution in [0.1, 0.15) is 25.5 Å². The Kier molecular flexibility index (Phi) is 3.84. The maximum Gasteiger partial charge on any atom is 0.154 e. The lowest BCUT2D eigenvalue weighted by atomic mass is 9.96. The Hall–Kier alpha value is -1.07. The van der Waals surface area contributed by atoms with Gasteiger partial charge in [-0.1, -0.05) is 12.1 Å². The minimum absolute atomic E-state index is 0.590. The van der Waals surface area contributed by atoms with Crippen LogP contribution in [-0.2, 0) is 9.84 Å². The molecule has 0 spiro atoms. The third-order valence-corrected chi connectivity index (χ3v) is 5.32. The number of nitrogens with two attached hydrogens (primary N) is 1. The van der Waals surface area contributed by atoms with Gasteiger partial charge < -0.3 is 10.5 Å². The second kappa shape index (κ2) is 4.66. The molecule has 4 nitrogen and oxygen atoms in total. The predicted molar refractivity (Wildman–Crippen MR) is 68.8 cm³/mol. The lowest BCUT2D eigenvalue weighted by molar-refractivity contribution is 0.412. The van der Waals surface area contributed by atoms with Crippen LogP contribution in [0, 0.1) is 0 Å². The molecule has 96 valence electrons. The van der Waals surface area contributed by atoms with Crippen LogP contribution in [0.25, 0.3) is 0 Å². The summed E-state index contributed by atoms with van der Waals surface area (Å²) in [6, 6.07) is 6.57. The van der Waals surface area contributed by atoms with Crippen molar-refractivity contribution in [3.63, 3.8) is 0 Å². The molecule has 0 radical (unpaired) electrons. The monoisotopic (exact) mass is 257 g/mol. The van der Waals surface area contributed by atoms with Crippen LogP contribution in [0.5, 0.6) is 5.75 Å². The van der Waals surface area contributed by atoms with Crippen LogP contribution in [0.2, 0.25) is 0 Å². The van der Waals surface area contributed by atoms with Gasteiger partial charge in [0.2, 0.25) is 0 Å². The Balaban J connectivity index is 3.16. The average molecular weight is 257 g/mol. The summed E-state index contributed by atoms with van der Waals surface area (Å²) in [5, 5.41) is 0. The summed E-state index contributed by atoms with van der Waals surface area (Å²) in [5.41, 5.74) is 6.80. The van der Waals surface area contributed by atoms with E-state index in [1.54, 1.807) is 45.2 Å². The Morgan fingerprint density at radius 2 is 1.94 bits per heavy atom. The number of ether oxygens (including phenoxy) is 1. The molecule has 1 aromatic carbocycles. The Bertz CT molecular complexity index is 494. The molecule has 0 amide bonds. The Labute approximate surface area is 103 Å². The predicted octanol–water partition coefficient (Wildman–Crippen LogP) is 1.52. The molecule has 0 saturated carbocycles. The lowest BCUT2D eigenvalue weighted by Gasteiger charge is -2.30. The topological polar surface area (TPSA) is 69.4 Å². The van der Waals surface area contributed by atoms with Gasteiger partial charge in [0.15, 0.2) is 9.84 Å². The molecule has 0 saturated heterocycles. The van der Waals surface area contributed by atoms with Gasteiger partial charge in [0, 0.05) is 12.3 Å². The molecule has 5 heteroatoms. The first kappa shape index (κ1) is 14.0. The molecule has 1 rings (SSSR count).